The van der Waals surface area contributed by atoms with E-state index in [1.54, 1.807) is 0 Å². The largest absolute Gasteiger partial charge is 0.389 e. The molecule has 2 atom stereocenters. The van der Waals surface area contributed by atoms with Crippen molar-refractivity contribution in [1.82, 2.24) is 5.32 Å². The first-order valence-corrected chi connectivity index (χ1v) is 6.73. The topological polar surface area (TPSA) is 21.3 Å². The van der Waals surface area contributed by atoms with Crippen LogP contribution in [0.5, 0.6) is 0 Å². The van der Waals surface area contributed by atoms with E-state index in [9.17, 15) is 13.2 Å². The maximum Gasteiger partial charge on any atom is 0.389 e. The van der Waals surface area contributed by atoms with Crippen LogP contribution in [0, 0.1) is 0 Å². The lowest BCUT2D eigenvalue weighted by atomic mass is 9.89. The highest BCUT2D eigenvalue weighted by molar-refractivity contribution is 4.89. The lowest BCUT2D eigenvalue weighted by Gasteiger charge is -2.37. The van der Waals surface area contributed by atoms with E-state index in [0.717, 1.165) is 6.42 Å². The Balaban J connectivity index is 4.62. The van der Waals surface area contributed by atoms with Gasteiger partial charge < -0.3 is 10.1 Å². The minimum Gasteiger partial charge on any atom is -0.374 e. The molecule has 0 aliphatic rings. The van der Waals surface area contributed by atoms with Crippen molar-refractivity contribution >= 4 is 0 Å². The van der Waals surface area contributed by atoms with E-state index in [1.807, 2.05) is 27.7 Å². The highest BCUT2D eigenvalue weighted by Gasteiger charge is 2.36. The number of nitrogens with one attached hydrogen (secondary N) is 1. The van der Waals surface area contributed by atoms with Gasteiger partial charge in [-0.1, -0.05) is 13.8 Å². The SMILES string of the molecule is CCCNC(CCC(F)(F)F)C(C)(CC)OCC. The Morgan fingerprint density at radius 2 is 1.78 bits per heavy atom. The number of alkyl halides is 3. The van der Waals surface area contributed by atoms with Crippen molar-refractivity contribution in [3.8, 4) is 0 Å². The predicted molar refractivity (Wildman–Crippen MR) is 67.7 cm³/mol. The molecular weight excluding hydrogens is 243 g/mol. The summed E-state index contributed by atoms with van der Waals surface area (Å²) < 4.78 is 42.7. The molecule has 0 saturated carbocycles. The summed E-state index contributed by atoms with van der Waals surface area (Å²) in [6.07, 6.45) is -3.22. The van der Waals surface area contributed by atoms with E-state index in [1.165, 1.54) is 0 Å². The maximum atomic E-state index is 12.3. The Morgan fingerprint density at radius 1 is 1.17 bits per heavy atom. The molecule has 0 bridgehead atoms. The first-order valence-electron chi connectivity index (χ1n) is 6.73. The molecular formula is C13H26F3NO. The molecule has 110 valence electrons. The van der Waals surface area contributed by atoms with Gasteiger partial charge in [-0.25, -0.2) is 0 Å². The van der Waals surface area contributed by atoms with Crippen LogP contribution in [-0.4, -0.2) is 31.0 Å². The van der Waals surface area contributed by atoms with Crippen LogP contribution in [0.3, 0.4) is 0 Å². The summed E-state index contributed by atoms with van der Waals surface area (Å²) in [5.74, 6) is 0. The highest BCUT2D eigenvalue weighted by Crippen LogP contribution is 2.28. The summed E-state index contributed by atoms with van der Waals surface area (Å²) in [4.78, 5) is 0. The van der Waals surface area contributed by atoms with Gasteiger partial charge in [-0.2, -0.15) is 13.2 Å². The molecule has 2 nitrogen and oxygen atoms in total. The zero-order chi connectivity index (χ0) is 14.2. The molecule has 0 spiro atoms. The van der Waals surface area contributed by atoms with Gasteiger partial charge in [0.25, 0.3) is 0 Å². The first-order chi connectivity index (χ1) is 8.29. The van der Waals surface area contributed by atoms with Gasteiger partial charge in [0.05, 0.1) is 5.60 Å². The zero-order valence-electron chi connectivity index (χ0n) is 11.9. The summed E-state index contributed by atoms with van der Waals surface area (Å²) in [5.41, 5.74) is -0.533. The quantitative estimate of drug-likeness (QED) is 0.685. The van der Waals surface area contributed by atoms with Gasteiger partial charge in [0.1, 0.15) is 0 Å². The minimum absolute atomic E-state index is 0.0633. The molecule has 0 aromatic heterocycles. The van der Waals surface area contributed by atoms with Crippen molar-refractivity contribution < 1.29 is 17.9 Å². The third-order valence-electron chi connectivity index (χ3n) is 3.27. The first kappa shape index (κ1) is 17.7. The smallest absolute Gasteiger partial charge is 0.374 e. The van der Waals surface area contributed by atoms with Gasteiger partial charge in [-0.05, 0) is 39.7 Å². The summed E-state index contributed by atoms with van der Waals surface area (Å²) in [7, 11) is 0. The van der Waals surface area contributed by atoms with E-state index < -0.39 is 18.2 Å². The van der Waals surface area contributed by atoms with Crippen LogP contribution in [0.4, 0.5) is 13.2 Å². The molecule has 0 aromatic rings. The molecule has 18 heavy (non-hydrogen) atoms. The number of rotatable bonds is 9. The second-order valence-electron chi connectivity index (χ2n) is 4.76. The Hall–Kier alpha value is -0.290. The van der Waals surface area contributed by atoms with Gasteiger partial charge >= 0.3 is 6.18 Å². The number of halogens is 3. The summed E-state index contributed by atoms with van der Waals surface area (Å²) in [5, 5.41) is 3.19. The second kappa shape index (κ2) is 8.00. The fourth-order valence-electron chi connectivity index (χ4n) is 2.03. The summed E-state index contributed by atoms with van der Waals surface area (Å²) >= 11 is 0. The average Bonchev–Trinajstić information content (AvgIpc) is 2.27. The van der Waals surface area contributed by atoms with Crippen LogP contribution in [0.1, 0.15) is 53.4 Å². The number of hydrogen-bond donors (Lipinski definition) is 1. The maximum absolute atomic E-state index is 12.3. The van der Waals surface area contributed by atoms with Gasteiger partial charge in [-0.15, -0.1) is 0 Å². The third kappa shape index (κ3) is 6.59. The standard InChI is InChI=1S/C13H26F3NO/c1-5-10-17-11(8-9-13(14,15)16)12(4,6-2)18-7-3/h11,17H,5-10H2,1-4H3. The fourth-order valence-corrected chi connectivity index (χ4v) is 2.03. The van der Waals surface area contributed by atoms with E-state index >= 15 is 0 Å². The van der Waals surface area contributed by atoms with Crippen LogP contribution in [0.15, 0.2) is 0 Å². The van der Waals surface area contributed by atoms with Crippen molar-refractivity contribution in [2.75, 3.05) is 13.2 Å². The van der Waals surface area contributed by atoms with Gasteiger partial charge in [0.2, 0.25) is 0 Å². The molecule has 0 aliphatic heterocycles. The van der Waals surface area contributed by atoms with Crippen molar-refractivity contribution in [2.45, 2.75) is 71.2 Å². The molecule has 0 radical (unpaired) electrons. The van der Waals surface area contributed by atoms with E-state index in [4.69, 9.17) is 4.74 Å². The average molecular weight is 269 g/mol. The van der Waals surface area contributed by atoms with Crippen LogP contribution >= 0.6 is 0 Å². The van der Waals surface area contributed by atoms with Crippen LogP contribution < -0.4 is 5.32 Å². The van der Waals surface area contributed by atoms with Gasteiger partial charge in [-0.3, -0.25) is 0 Å². The molecule has 1 N–H and O–H groups in total. The monoisotopic (exact) mass is 269 g/mol. The van der Waals surface area contributed by atoms with Crippen molar-refractivity contribution in [3.05, 3.63) is 0 Å². The van der Waals surface area contributed by atoms with Gasteiger partial charge in [0.15, 0.2) is 0 Å². The second-order valence-corrected chi connectivity index (χ2v) is 4.76. The van der Waals surface area contributed by atoms with Crippen LogP contribution in [0.2, 0.25) is 0 Å². The van der Waals surface area contributed by atoms with Crippen molar-refractivity contribution in [3.63, 3.8) is 0 Å². The van der Waals surface area contributed by atoms with Crippen molar-refractivity contribution in [2.24, 2.45) is 0 Å². The third-order valence-corrected chi connectivity index (χ3v) is 3.27. The summed E-state index contributed by atoms with van der Waals surface area (Å²) in [6.45, 7) is 8.93. The Labute approximate surface area is 108 Å². The molecule has 0 aliphatic carbocycles. The Morgan fingerprint density at radius 3 is 2.17 bits per heavy atom. The molecule has 0 amide bonds. The lowest BCUT2D eigenvalue weighted by Crippen LogP contribution is -2.51. The molecule has 0 aromatic carbocycles. The molecule has 0 saturated heterocycles. The molecule has 2 unspecified atom stereocenters. The van der Waals surface area contributed by atoms with E-state index in [0.29, 0.717) is 19.6 Å². The van der Waals surface area contributed by atoms with Crippen LogP contribution in [0.25, 0.3) is 0 Å². The fraction of sp³-hybridized carbons (Fsp3) is 1.00. The number of hydrogen-bond acceptors (Lipinski definition) is 2. The summed E-state index contributed by atoms with van der Waals surface area (Å²) in [6, 6.07) is -0.260. The predicted octanol–water partition coefficient (Wildman–Crippen LogP) is 3.90. The van der Waals surface area contributed by atoms with E-state index in [2.05, 4.69) is 5.32 Å². The normalized spacial score (nSPS) is 17.5. The van der Waals surface area contributed by atoms with E-state index in [-0.39, 0.29) is 12.5 Å². The molecule has 0 rings (SSSR count). The zero-order valence-corrected chi connectivity index (χ0v) is 11.9. The number of ether oxygens (including phenoxy) is 1. The Bertz CT molecular complexity index is 221. The van der Waals surface area contributed by atoms with Crippen molar-refractivity contribution in [1.29, 1.82) is 0 Å². The molecule has 0 fully saturated rings. The molecule has 0 heterocycles. The molecule has 5 heteroatoms. The van der Waals surface area contributed by atoms with Gasteiger partial charge in [0, 0.05) is 19.1 Å². The lowest BCUT2D eigenvalue weighted by molar-refractivity contribution is -0.142. The highest BCUT2D eigenvalue weighted by atomic mass is 19.4. The Kier molecular flexibility index (Phi) is 7.87. The minimum atomic E-state index is -4.10. The van der Waals surface area contributed by atoms with Crippen LogP contribution in [-0.2, 0) is 4.74 Å².